The lowest BCUT2D eigenvalue weighted by Gasteiger charge is -2.34. The number of fused-ring (bicyclic) bond motifs is 8. The zero-order chi connectivity index (χ0) is 55.9. The minimum absolute atomic E-state index is 0.227. The first-order valence-corrected chi connectivity index (χ1v) is 29.4. The Labute approximate surface area is 489 Å². The Morgan fingerprint density at radius 2 is 0.583 bits per heavy atom. The summed E-state index contributed by atoms with van der Waals surface area (Å²) in [5.41, 5.74) is 14.0. The second-order valence-electron chi connectivity index (χ2n) is 22.5. The van der Waals surface area contributed by atoms with E-state index in [1.165, 1.54) is 88.3 Å². The monoisotopic (exact) mass is 1110 g/mol. The molecule has 4 atom stereocenters. The zero-order valence-electron chi connectivity index (χ0n) is 46.7. The SMILES string of the molecule is c1ccc2c(c1)-c1cc3ccccc3cc1C2(c1ccc(OCC2CO2)cc1)c1ccc(OCC2CO2)cc1.c1ccc2c(c1)-c1cc3ccccc3cc1C2(c1ccc(OCCOCC2CO2)cc1)c1ccc(OCCOCC2CO2)cc1. The lowest BCUT2D eigenvalue weighted by Crippen LogP contribution is -2.28. The first kappa shape index (κ1) is 52.5. The van der Waals surface area contributed by atoms with E-state index in [2.05, 4.69) is 218 Å². The lowest BCUT2D eigenvalue weighted by atomic mass is 9.67. The van der Waals surface area contributed by atoms with Crippen LogP contribution in [-0.4, -0.2) is 104 Å². The van der Waals surface area contributed by atoms with Gasteiger partial charge in [-0.3, -0.25) is 0 Å². The average Bonchev–Trinajstić information content (AvgIpc) is 1.78. The molecule has 4 heterocycles. The van der Waals surface area contributed by atoms with Gasteiger partial charge < -0.3 is 47.4 Å². The van der Waals surface area contributed by atoms with Gasteiger partial charge in [-0.25, -0.2) is 0 Å². The molecule has 10 aromatic rings. The standard InChI is InChI=1S/C39H36O6.C35H28O4/c1-2-6-28-22-38-36(21-27(28)5-1)35-7-3-4-8-37(35)39(38,29-9-13-31(14-10-29)42-19-17-40-23-33-25-44-33)30-11-15-32(16-12-30)43-20-18-41-24-34-26-45-34;1-2-6-24-18-34-32(17-23(24)5-1)31-7-3-4-8-33(31)35(34,25-9-13-27(14-10-25)36-19-29-21-38-29)26-11-15-28(16-12-26)37-20-30-22-39-30/h1-16,21-22,33-34H,17-20,23-26H2;1-18,29-30H,19-22H2. The summed E-state index contributed by atoms with van der Waals surface area (Å²) in [5.74, 6) is 3.37. The van der Waals surface area contributed by atoms with Gasteiger partial charge in [0.1, 0.15) is 73.8 Å². The molecule has 0 spiro atoms. The van der Waals surface area contributed by atoms with Crippen LogP contribution in [0.25, 0.3) is 43.8 Å². The molecule has 10 heteroatoms. The highest BCUT2D eigenvalue weighted by molar-refractivity contribution is 5.97. The highest BCUT2D eigenvalue weighted by Crippen LogP contribution is 2.59. The summed E-state index contributed by atoms with van der Waals surface area (Å²) in [6.45, 7) is 7.69. The molecule has 420 valence electrons. The third-order valence-corrected chi connectivity index (χ3v) is 17.1. The molecular weight excluding hydrogens is 1050 g/mol. The van der Waals surface area contributed by atoms with Crippen molar-refractivity contribution in [3.8, 4) is 45.3 Å². The second kappa shape index (κ2) is 22.7. The smallest absolute Gasteiger partial charge is 0.119 e. The summed E-state index contributed by atoms with van der Waals surface area (Å²) >= 11 is 0. The van der Waals surface area contributed by atoms with Gasteiger partial charge in [-0.2, -0.15) is 0 Å². The fourth-order valence-corrected chi connectivity index (χ4v) is 12.6. The molecule has 4 saturated heterocycles. The maximum absolute atomic E-state index is 6.05. The van der Waals surface area contributed by atoms with Gasteiger partial charge >= 0.3 is 0 Å². The average molecular weight is 1110 g/mol. The number of epoxide rings is 4. The van der Waals surface area contributed by atoms with Crippen LogP contribution in [0.5, 0.6) is 23.0 Å². The van der Waals surface area contributed by atoms with E-state index < -0.39 is 10.8 Å². The molecule has 0 amide bonds. The van der Waals surface area contributed by atoms with Crippen LogP contribution in [0.4, 0.5) is 0 Å². The van der Waals surface area contributed by atoms with Crippen LogP contribution >= 0.6 is 0 Å². The Kier molecular flexibility index (Phi) is 14.2. The van der Waals surface area contributed by atoms with Crippen molar-refractivity contribution in [2.45, 2.75) is 35.2 Å². The van der Waals surface area contributed by atoms with Crippen molar-refractivity contribution in [2.75, 3.05) is 79.3 Å². The highest BCUT2D eigenvalue weighted by atomic mass is 16.6. The van der Waals surface area contributed by atoms with Gasteiger partial charge in [0.25, 0.3) is 0 Å². The summed E-state index contributed by atoms with van der Waals surface area (Å²) in [6.07, 6.45) is 0.976. The van der Waals surface area contributed by atoms with E-state index in [0.717, 1.165) is 49.4 Å². The van der Waals surface area contributed by atoms with Crippen LogP contribution in [0.15, 0.2) is 218 Å². The lowest BCUT2D eigenvalue weighted by molar-refractivity contribution is 0.0878. The Morgan fingerprint density at radius 3 is 0.929 bits per heavy atom. The van der Waals surface area contributed by atoms with E-state index in [9.17, 15) is 0 Å². The minimum Gasteiger partial charge on any atom is -0.491 e. The van der Waals surface area contributed by atoms with Crippen LogP contribution in [-0.2, 0) is 39.3 Å². The van der Waals surface area contributed by atoms with Crippen molar-refractivity contribution in [3.63, 3.8) is 0 Å². The first-order chi connectivity index (χ1) is 41.6. The number of rotatable bonds is 22. The van der Waals surface area contributed by atoms with E-state index in [1.807, 2.05) is 0 Å². The number of ether oxygens (including phenoxy) is 10. The normalized spacial score (nSPS) is 21.5. The molecule has 4 unspecified atom stereocenters. The van der Waals surface area contributed by atoms with Crippen molar-refractivity contribution < 1.29 is 47.4 Å². The molecule has 0 N–H and O–H groups in total. The van der Waals surface area contributed by atoms with E-state index in [0.29, 0.717) is 52.9 Å². The molecule has 0 bridgehead atoms. The predicted molar refractivity (Wildman–Crippen MR) is 325 cm³/mol. The maximum Gasteiger partial charge on any atom is 0.119 e. The number of benzene rings is 10. The molecule has 4 fully saturated rings. The van der Waals surface area contributed by atoms with Gasteiger partial charge in [0, 0.05) is 0 Å². The first-order valence-electron chi connectivity index (χ1n) is 29.4. The molecule has 2 aliphatic carbocycles. The van der Waals surface area contributed by atoms with E-state index in [4.69, 9.17) is 47.4 Å². The van der Waals surface area contributed by atoms with Gasteiger partial charge in [0.05, 0.1) is 63.7 Å². The largest absolute Gasteiger partial charge is 0.491 e. The van der Waals surface area contributed by atoms with Gasteiger partial charge in [-0.1, -0.05) is 146 Å². The maximum atomic E-state index is 6.05. The Morgan fingerprint density at radius 1 is 0.286 bits per heavy atom. The molecule has 10 nitrogen and oxygen atoms in total. The topological polar surface area (TPSA) is 106 Å². The highest BCUT2D eigenvalue weighted by Gasteiger charge is 2.48. The Hall–Kier alpha value is -8.32. The van der Waals surface area contributed by atoms with Crippen molar-refractivity contribution in [2.24, 2.45) is 0 Å². The Balaban J connectivity index is 0.000000144. The molecular formula is C74H64O10. The predicted octanol–water partition coefficient (Wildman–Crippen LogP) is 13.5. The van der Waals surface area contributed by atoms with Gasteiger partial charge in [-0.15, -0.1) is 0 Å². The fraction of sp³-hybridized carbons (Fsp3) is 0.243. The fourth-order valence-electron chi connectivity index (χ4n) is 12.6. The summed E-state index contributed by atoms with van der Waals surface area (Å²) in [6, 6.07) is 78.7. The van der Waals surface area contributed by atoms with Crippen LogP contribution in [0.2, 0.25) is 0 Å². The molecule has 16 rings (SSSR count). The zero-order valence-corrected chi connectivity index (χ0v) is 46.7. The van der Waals surface area contributed by atoms with E-state index in [-0.39, 0.29) is 24.4 Å². The molecule has 10 aromatic carbocycles. The van der Waals surface area contributed by atoms with Crippen molar-refractivity contribution in [1.29, 1.82) is 0 Å². The van der Waals surface area contributed by atoms with Gasteiger partial charge in [0.15, 0.2) is 0 Å². The van der Waals surface area contributed by atoms with Crippen LogP contribution in [0, 0.1) is 0 Å². The van der Waals surface area contributed by atoms with Crippen LogP contribution < -0.4 is 18.9 Å². The summed E-state index contributed by atoms with van der Waals surface area (Å²) in [7, 11) is 0. The molecule has 0 radical (unpaired) electrons. The molecule has 6 aliphatic rings. The third-order valence-electron chi connectivity index (χ3n) is 17.1. The molecule has 0 aromatic heterocycles. The Bertz CT molecular complexity index is 3830. The van der Waals surface area contributed by atoms with E-state index >= 15 is 0 Å². The van der Waals surface area contributed by atoms with Gasteiger partial charge in [0.2, 0.25) is 0 Å². The summed E-state index contributed by atoms with van der Waals surface area (Å²) in [4.78, 5) is 0. The second-order valence-corrected chi connectivity index (χ2v) is 22.5. The summed E-state index contributed by atoms with van der Waals surface area (Å²) < 4.78 is 56.5. The van der Waals surface area contributed by atoms with Gasteiger partial charge in [-0.05, 0) is 161 Å². The quantitative estimate of drug-likeness (QED) is 0.0481. The van der Waals surface area contributed by atoms with E-state index in [1.54, 1.807) is 0 Å². The van der Waals surface area contributed by atoms with Crippen molar-refractivity contribution in [3.05, 3.63) is 263 Å². The molecule has 0 saturated carbocycles. The van der Waals surface area contributed by atoms with Crippen LogP contribution in [0.1, 0.15) is 44.5 Å². The number of hydrogen-bond donors (Lipinski definition) is 0. The van der Waals surface area contributed by atoms with Crippen molar-refractivity contribution >= 4 is 21.5 Å². The van der Waals surface area contributed by atoms with Crippen LogP contribution in [0.3, 0.4) is 0 Å². The minimum atomic E-state index is -0.520. The van der Waals surface area contributed by atoms with Crippen molar-refractivity contribution in [1.82, 2.24) is 0 Å². The molecule has 4 aliphatic heterocycles. The summed E-state index contributed by atoms with van der Waals surface area (Å²) in [5, 5.41) is 4.95. The third kappa shape index (κ3) is 10.4. The number of hydrogen-bond acceptors (Lipinski definition) is 10. The molecule has 84 heavy (non-hydrogen) atoms.